The SMILES string of the molecule is Cc1nc2ccc(-c3cnc(N4CCCC4=O)nc3)cc2n1Cc1ccccc1OC(F)F. The van der Waals surface area contributed by atoms with Crippen molar-refractivity contribution in [3.8, 4) is 16.9 Å². The Balaban J connectivity index is 1.48. The molecule has 9 heteroatoms. The van der Waals surface area contributed by atoms with Crippen LogP contribution < -0.4 is 9.64 Å². The Bertz CT molecular complexity index is 1320. The van der Waals surface area contributed by atoms with Crippen LogP contribution in [0.5, 0.6) is 5.75 Å². The zero-order chi connectivity index (χ0) is 22.9. The number of para-hydroxylation sites is 1. The minimum atomic E-state index is -2.89. The summed E-state index contributed by atoms with van der Waals surface area (Å²) in [6.45, 7) is -0.0425. The lowest BCUT2D eigenvalue weighted by Crippen LogP contribution is -2.25. The monoisotopic (exact) mass is 449 g/mol. The first-order valence-corrected chi connectivity index (χ1v) is 10.6. The van der Waals surface area contributed by atoms with Crippen LogP contribution in [0.25, 0.3) is 22.2 Å². The molecule has 0 bridgehead atoms. The van der Waals surface area contributed by atoms with Gasteiger partial charge in [0.25, 0.3) is 0 Å². The number of benzene rings is 2. The number of rotatable bonds is 6. The molecule has 0 atom stereocenters. The van der Waals surface area contributed by atoms with Crippen LogP contribution in [0.2, 0.25) is 0 Å². The molecule has 0 unspecified atom stereocenters. The second-order valence-corrected chi connectivity index (χ2v) is 7.86. The van der Waals surface area contributed by atoms with Crippen LogP contribution in [-0.2, 0) is 11.3 Å². The number of alkyl halides is 2. The summed E-state index contributed by atoms with van der Waals surface area (Å²) in [4.78, 5) is 26.9. The van der Waals surface area contributed by atoms with Gasteiger partial charge >= 0.3 is 6.61 Å². The molecule has 0 N–H and O–H groups in total. The average Bonchev–Trinajstić information content (AvgIpc) is 3.37. The number of fused-ring (bicyclic) bond motifs is 1. The van der Waals surface area contributed by atoms with E-state index in [-0.39, 0.29) is 11.7 Å². The lowest BCUT2D eigenvalue weighted by atomic mass is 10.1. The number of imidazole rings is 1. The fourth-order valence-electron chi connectivity index (χ4n) is 4.11. The van der Waals surface area contributed by atoms with Crippen LogP contribution >= 0.6 is 0 Å². The molecular weight excluding hydrogens is 428 g/mol. The molecule has 0 radical (unpaired) electrons. The van der Waals surface area contributed by atoms with E-state index in [0.717, 1.165) is 34.4 Å². The largest absolute Gasteiger partial charge is 0.434 e. The quantitative estimate of drug-likeness (QED) is 0.431. The number of ether oxygens (including phenoxy) is 1. The molecule has 2 aromatic heterocycles. The highest BCUT2D eigenvalue weighted by Crippen LogP contribution is 2.28. The van der Waals surface area contributed by atoms with Gasteiger partial charge in [-0.2, -0.15) is 8.78 Å². The molecule has 2 aromatic carbocycles. The molecule has 1 saturated heterocycles. The Kier molecular flexibility index (Phi) is 5.45. The first-order chi connectivity index (χ1) is 16.0. The molecule has 1 aliphatic rings. The standard InChI is InChI=1S/C24H21F2N5O2/c1-15-29-19-9-8-16(18-12-27-24(28-13-18)30-10-4-7-22(30)32)11-20(19)31(15)14-17-5-2-3-6-21(17)33-23(25)26/h2-3,5-6,8-9,11-13,23H,4,7,10,14H2,1H3. The van der Waals surface area contributed by atoms with Crippen molar-refractivity contribution in [1.29, 1.82) is 0 Å². The van der Waals surface area contributed by atoms with Crippen LogP contribution in [0, 0.1) is 6.92 Å². The molecule has 0 spiro atoms. The van der Waals surface area contributed by atoms with Crippen LogP contribution in [0.1, 0.15) is 24.2 Å². The number of amides is 1. The number of hydrogen-bond donors (Lipinski definition) is 0. The lowest BCUT2D eigenvalue weighted by molar-refractivity contribution is -0.117. The Morgan fingerprint density at radius 1 is 1.09 bits per heavy atom. The number of carbonyl (C=O) groups is 1. The minimum Gasteiger partial charge on any atom is -0.434 e. The molecule has 168 valence electrons. The van der Waals surface area contributed by atoms with Gasteiger partial charge in [0, 0.05) is 36.5 Å². The van der Waals surface area contributed by atoms with E-state index in [9.17, 15) is 13.6 Å². The maximum atomic E-state index is 12.8. The van der Waals surface area contributed by atoms with Crippen molar-refractivity contribution in [3.05, 3.63) is 66.2 Å². The predicted molar refractivity (Wildman–Crippen MR) is 119 cm³/mol. The van der Waals surface area contributed by atoms with Crippen molar-refractivity contribution < 1.29 is 18.3 Å². The molecule has 1 fully saturated rings. The second kappa shape index (κ2) is 8.57. The molecule has 3 heterocycles. The zero-order valence-corrected chi connectivity index (χ0v) is 17.9. The van der Waals surface area contributed by atoms with Crippen molar-refractivity contribution in [1.82, 2.24) is 19.5 Å². The third-order valence-corrected chi connectivity index (χ3v) is 5.74. The average molecular weight is 449 g/mol. The van der Waals surface area contributed by atoms with Crippen molar-refractivity contribution in [3.63, 3.8) is 0 Å². The molecule has 7 nitrogen and oxygen atoms in total. The summed E-state index contributed by atoms with van der Waals surface area (Å²) in [6.07, 6.45) is 4.74. The Hall–Kier alpha value is -3.88. The summed E-state index contributed by atoms with van der Waals surface area (Å²) in [5.41, 5.74) is 3.98. The van der Waals surface area contributed by atoms with Crippen molar-refractivity contribution >= 4 is 22.9 Å². The highest BCUT2D eigenvalue weighted by Gasteiger charge is 2.23. The molecular formula is C24H21F2N5O2. The fourth-order valence-corrected chi connectivity index (χ4v) is 4.11. The summed E-state index contributed by atoms with van der Waals surface area (Å²) >= 11 is 0. The summed E-state index contributed by atoms with van der Waals surface area (Å²) in [5, 5.41) is 0. The minimum absolute atomic E-state index is 0.0413. The number of halogens is 2. The molecule has 33 heavy (non-hydrogen) atoms. The van der Waals surface area contributed by atoms with Gasteiger partial charge < -0.3 is 9.30 Å². The molecule has 5 rings (SSSR count). The predicted octanol–water partition coefficient (Wildman–Crippen LogP) is 4.58. The first-order valence-electron chi connectivity index (χ1n) is 10.6. The number of nitrogens with zero attached hydrogens (tertiary/aromatic N) is 5. The van der Waals surface area contributed by atoms with Crippen molar-refractivity contribution in [2.75, 3.05) is 11.4 Å². The third-order valence-electron chi connectivity index (χ3n) is 5.74. The Labute approximate surface area is 188 Å². The van der Waals surface area contributed by atoms with Crippen LogP contribution in [-0.4, -0.2) is 38.6 Å². The van der Waals surface area contributed by atoms with Crippen LogP contribution in [0.3, 0.4) is 0 Å². The first kappa shape index (κ1) is 21.0. The van der Waals surface area contributed by atoms with Gasteiger partial charge in [0.2, 0.25) is 11.9 Å². The maximum absolute atomic E-state index is 12.8. The van der Waals surface area contributed by atoms with Crippen molar-refractivity contribution in [2.24, 2.45) is 0 Å². The topological polar surface area (TPSA) is 73.1 Å². The number of aryl methyl sites for hydroxylation is 1. The summed E-state index contributed by atoms with van der Waals surface area (Å²) in [7, 11) is 0. The molecule has 1 aliphatic heterocycles. The summed E-state index contributed by atoms with van der Waals surface area (Å²) in [6, 6.07) is 12.6. The van der Waals surface area contributed by atoms with Gasteiger partial charge in [-0.25, -0.2) is 15.0 Å². The number of carbonyl (C=O) groups excluding carboxylic acids is 1. The van der Waals surface area contributed by atoms with E-state index in [4.69, 9.17) is 0 Å². The van der Waals surface area contributed by atoms with Crippen LogP contribution in [0.15, 0.2) is 54.9 Å². The van der Waals surface area contributed by atoms with Gasteiger partial charge in [0.15, 0.2) is 0 Å². The highest BCUT2D eigenvalue weighted by atomic mass is 19.3. The van der Waals surface area contributed by atoms with Gasteiger partial charge in [-0.15, -0.1) is 0 Å². The van der Waals surface area contributed by atoms with E-state index >= 15 is 0 Å². The maximum Gasteiger partial charge on any atom is 0.387 e. The molecule has 4 aromatic rings. The van der Waals surface area contributed by atoms with E-state index in [2.05, 4.69) is 19.7 Å². The van der Waals surface area contributed by atoms with E-state index in [1.807, 2.05) is 29.7 Å². The second-order valence-electron chi connectivity index (χ2n) is 7.86. The normalized spacial score (nSPS) is 13.9. The highest BCUT2D eigenvalue weighted by molar-refractivity contribution is 5.93. The molecule has 0 saturated carbocycles. The number of hydrogen-bond acceptors (Lipinski definition) is 5. The third kappa shape index (κ3) is 4.13. The lowest BCUT2D eigenvalue weighted by Gasteiger charge is -2.14. The molecule has 0 aliphatic carbocycles. The van der Waals surface area contributed by atoms with E-state index < -0.39 is 6.61 Å². The van der Waals surface area contributed by atoms with E-state index in [0.29, 0.717) is 31.0 Å². The summed E-state index contributed by atoms with van der Waals surface area (Å²) in [5.74, 6) is 1.36. The van der Waals surface area contributed by atoms with E-state index in [1.54, 1.807) is 35.5 Å². The van der Waals surface area contributed by atoms with Crippen molar-refractivity contribution in [2.45, 2.75) is 32.9 Å². The van der Waals surface area contributed by atoms with Gasteiger partial charge in [-0.05, 0) is 37.1 Å². The van der Waals surface area contributed by atoms with Gasteiger partial charge in [-0.3, -0.25) is 9.69 Å². The van der Waals surface area contributed by atoms with Gasteiger partial charge in [0.1, 0.15) is 11.6 Å². The van der Waals surface area contributed by atoms with E-state index in [1.165, 1.54) is 6.07 Å². The summed E-state index contributed by atoms with van der Waals surface area (Å²) < 4.78 is 32.3. The smallest absolute Gasteiger partial charge is 0.387 e. The van der Waals surface area contributed by atoms with Gasteiger partial charge in [0.05, 0.1) is 17.6 Å². The Morgan fingerprint density at radius 2 is 1.88 bits per heavy atom. The number of anilines is 1. The van der Waals surface area contributed by atoms with Crippen LogP contribution in [0.4, 0.5) is 14.7 Å². The van der Waals surface area contributed by atoms with Gasteiger partial charge in [-0.1, -0.05) is 24.3 Å². The fraction of sp³-hybridized carbons (Fsp3) is 0.250. The molecule has 1 amide bonds. The Morgan fingerprint density at radius 3 is 2.61 bits per heavy atom. The number of aromatic nitrogens is 4. The zero-order valence-electron chi connectivity index (χ0n) is 17.9.